The number of nitrogens with one attached hydrogen (secondary N) is 1. The van der Waals surface area contributed by atoms with Crippen LogP contribution in [0.2, 0.25) is 0 Å². The number of carbonyl (C=O) groups is 1. The van der Waals surface area contributed by atoms with Gasteiger partial charge in [-0.25, -0.2) is 4.99 Å². The summed E-state index contributed by atoms with van der Waals surface area (Å²) < 4.78 is 0. The third-order valence-corrected chi connectivity index (χ3v) is 2.50. The van der Waals surface area contributed by atoms with Crippen LogP contribution in [0.5, 0.6) is 0 Å². The van der Waals surface area contributed by atoms with Crippen molar-refractivity contribution in [2.75, 3.05) is 0 Å². The molecule has 0 unspecified atom stereocenters. The summed E-state index contributed by atoms with van der Waals surface area (Å²) in [6, 6.07) is 9.47. The van der Waals surface area contributed by atoms with Crippen molar-refractivity contribution in [1.82, 2.24) is 5.32 Å². The van der Waals surface area contributed by atoms with Gasteiger partial charge in [0.25, 0.3) is 5.91 Å². The lowest BCUT2D eigenvalue weighted by molar-refractivity contribution is -0.115. The topological polar surface area (TPSA) is 41.5 Å². The van der Waals surface area contributed by atoms with Gasteiger partial charge in [0.15, 0.2) is 5.17 Å². The van der Waals surface area contributed by atoms with E-state index in [1.165, 1.54) is 11.8 Å². The molecular formula is C10H8N2OS. The molecule has 0 spiro atoms. The van der Waals surface area contributed by atoms with Crippen molar-refractivity contribution >= 4 is 28.5 Å². The smallest absolute Gasteiger partial charge is 0.263 e. The molecule has 1 fully saturated rings. The minimum absolute atomic E-state index is 0.162. The molecule has 1 aromatic rings. The van der Waals surface area contributed by atoms with Gasteiger partial charge in [-0.1, -0.05) is 24.8 Å². The Labute approximate surface area is 85.9 Å². The predicted molar refractivity (Wildman–Crippen MR) is 58.4 cm³/mol. The van der Waals surface area contributed by atoms with Gasteiger partial charge in [-0.05, 0) is 23.9 Å². The van der Waals surface area contributed by atoms with Crippen LogP contribution in [-0.2, 0) is 4.79 Å². The third kappa shape index (κ3) is 1.85. The van der Waals surface area contributed by atoms with E-state index in [2.05, 4.69) is 16.9 Å². The molecule has 1 amide bonds. The van der Waals surface area contributed by atoms with E-state index < -0.39 is 0 Å². The molecule has 0 bridgehead atoms. The molecule has 1 heterocycles. The van der Waals surface area contributed by atoms with Gasteiger partial charge in [0.2, 0.25) is 0 Å². The Balaban J connectivity index is 2.22. The molecule has 0 saturated carbocycles. The summed E-state index contributed by atoms with van der Waals surface area (Å²) in [7, 11) is 0. The molecule has 1 aliphatic rings. The number of hydrogen-bond acceptors (Lipinski definition) is 3. The lowest BCUT2D eigenvalue weighted by Crippen LogP contribution is -2.19. The second-order valence-electron chi connectivity index (χ2n) is 2.73. The van der Waals surface area contributed by atoms with Crippen molar-refractivity contribution < 1.29 is 4.79 Å². The minimum atomic E-state index is -0.162. The predicted octanol–water partition coefficient (Wildman–Crippen LogP) is 2.05. The van der Waals surface area contributed by atoms with Crippen LogP contribution in [0.3, 0.4) is 0 Å². The summed E-state index contributed by atoms with van der Waals surface area (Å²) in [5, 5.41) is 3.22. The quantitative estimate of drug-likeness (QED) is 0.711. The summed E-state index contributed by atoms with van der Waals surface area (Å²) in [6.45, 7) is 3.60. The number of amidine groups is 1. The molecule has 3 nitrogen and oxygen atoms in total. The molecule has 1 aromatic carbocycles. The maximum absolute atomic E-state index is 11.1. The zero-order chi connectivity index (χ0) is 9.97. The number of para-hydroxylation sites is 1. The highest BCUT2D eigenvalue weighted by molar-refractivity contribution is 8.18. The van der Waals surface area contributed by atoms with Gasteiger partial charge in [-0.15, -0.1) is 0 Å². The van der Waals surface area contributed by atoms with Crippen molar-refractivity contribution in [2.24, 2.45) is 4.99 Å². The van der Waals surface area contributed by atoms with E-state index in [-0.39, 0.29) is 5.91 Å². The Kier molecular flexibility index (Phi) is 2.37. The maximum atomic E-state index is 11.1. The molecule has 1 aliphatic heterocycles. The van der Waals surface area contributed by atoms with E-state index >= 15 is 0 Å². The first-order chi connectivity index (χ1) is 6.75. The molecular weight excluding hydrogens is 196 g/mol. The normalized spacial score (nSPS) is 18.7. The molecule has 2 rings (SSSR count). The van der Waals surface area contributed by atoms with Crippen molar-refractivity contribution in [2.45, 2.75) is 0 Å². The molecule has 70 valence electrons. The lowest BCUT2D eigenvalue weighted by Gasteiger charge is -1.94. The zero-order valence-corrected chi connectivity index (χ0v) is 8.17. The van der Waals surface area contributed by atoms with Gasteiger partial charge in [-0.2, -0.15) is 0 Å². The first-order valence-corrected chi connectivity index (χ1v) is 4.89. The highest BCUT2D eigenvalue weighted by Gasteiger charge is 2.21. The van der Waals surface area contributed by atoms with E-state index in [1.807, 2.05) is 30.3 Å². The Hall–Kier alpha value is -1.55. The fourth-order valence-corrected chi connectivity index (χ4v) is 1.70. The van der Waals surface area contributed by atoms with Gasteiger partial charge < -0.3 is 5.32 Å². The second-order valence-corrected chi connectivity index (χ2v) is 3.82. The number of hydrogen-bond donors (Lipinski definition) is 1. The first-order valence-electron chi connectivity index (χ1n) is 4.07. The van der Waals surface area contributed by atoms with Gasteiger partial charge in [-0.3, -0.25) is 4.79 Å². The fourth-order valence-electron chi connectivity index (χ4n) is 1.03. The maximum Gasteiger partial charge on any atom is 0.263 e. The fraction of sp³-hybridized carbons (Fsp3) is 0. The lowest BCUT2D eigenvalue weighted by atomic mass is 10.3. The Morgan fingerprint density at radius 2 is 2.00 bits per heavy atom. The summed E-state index contributed by atoms with van der Waals surface area (Å²) in [5.74, 6) is -0.162. The summed E-state index contributed by atoms with van der Waals surface area (Å²) >= 11 is 1.26. The number of thioether (sulfide) groups is 1. The third-order valence-electron chi connectivity index (χ3n) is 1.68. The van der Waals surface area contributed by atoms with E-state index in [0.717, 1.165) is 5.69 Å². The van der Waals surface area contributed by atoms with Crippen LogP contribution in [-0.4, -0.2) is 11.1 Å². The molecule has 1 N–H and O–H groups in total. The van der Waals surface area contributed by atoms with Gasteiger partial charge in [0.05, 0.1) is 10.6 Å². The number of nitrogens with zero attached hydrogens (tertiary/aromatic N) is 1. The molecule has 0 atom stereocenters. The molecule has 0 radical (unpaired) electrons. The van der Waals surface area contributed by atoms with Gasteiger partial charge in [0, 0.05) is 0 Å². The van der Waals surface area contributed by atoms with E-state index in [0.29, 0.717) is 10.1 Å². The largest absolute Gasteiger partial charge is 0.300 e. The monoisotopic (exact) mass is 204 g/mol. The van der Waals surface area contributed by atoms with Crippen molar-refractivity contribution in [3.63, 3.8) is 0 Å². The van der Waals surface area contributed by atoms with Crippen LogP contribution in [0.1, 0.15) is 0 Å². The van der Waals surface area contributed by atoms with Gasteiger partial charge >= 0.3 is 0 Å². The zero-order valence-electron chi connectivity index (χ0n) is 7.36. The minimum Gasteiger partial charge on any atom is -0.300 e. The van der Waals surface area contributed by atoms with Crippen molar-refractivity contribution in [3.8, 4) is 0 Å². The van der Waals surface area contributed by atoms with E-state index in [1.54, 1.807) is 0 Å². The van der Waals surface area contributed by atoms with Crippen LogP contribution >= 0.6 is 11.8 Å². The van der Waals surface area contributed by atoms with Crippen molar-refractivity contribution in [1.29, 1.82) is 0 Å². The SMILES string of the molecule is C=C1SC(=Nc2ccccc2)NC1=O. The average molecular weight is 204 g/mol. The Morgan fingerprint density at radius 1 is 1.29 bits per heavy atom. The van der Waals surface area contributed by atoms with E-state index in [9.17, 15) is 4.79 Å². The Bertz CT molecular complexity index is 393. The van der Waals surface area contributed by atoms with Crippen LogP contribution in [0.25, 0.3) is 0 Å². The van der Waals surface area contributed by atoms with Crippen LogP contribution < -0.4 is 5.32 Å². The van der Waals surface area contributed by atoms with Crippen LogP contribution in [0, 0.1) is 0 Å². The second kappa shape index (κ2) is 3.67. The van der Waals surface area contributed by atoms with Crippen molar-refractivity contribution in [3.05, 3.63) is 41.8 Å². The molecule has 1 saturated heterocycles. The molecule has 0 aromatic heterocycles. The van der Waals surface area contributed by atoms with Crippen LogP contribution in [0.4, 0.5) is 5.69 Å². The summed E-state index contributed by atoms with van der Waals surface area (Å²) in [5.41, 5.74) is 0.824. The molecule has 0 aliphatic carbocycles. The number of aliphatic imine (C=N–C) groups is 1. The van der Waals surface area contributed by atoms with E-state index in [4.69, 9.17) is 0 Å². The highest BCUT2D eigenvalue weighted by atomic mass is 32.2. The molecule has 14 heavy (non-hydrogen) atoms. The number of rotatable bonds is 1. The molecule has 4 heteroatoms. The number of amides is 1. The average Bonchev–Trinajstić information content (AvgIpc) is 2.47. The van der Waals surface area contributed by atoms with Gasteiger partial charge in [0.1, 0.15) is 0 Å². The first kappa shape index (κ1) is 9.02. The Morgan fingerprint density at radius 3 is 2.57 bits per heavy atom. The standard InChI is InChI=1S/C10H8N2OS/c1-7-9(13)12-10(14-7)11-8-5-3-2-4-6-8/h2-6H,1H2,(H,11,12,13). The summed E-state index contributed by atoms with van der Waals surface area (Å²) in [6.07, 6.45) is 0. The number of benzene rings is 1. The summed E-state index contributed by atoms with van der Waals surface area (Å²) in [4.78, 5) is 15.8. The van der Waals surface area contributed by atoms with Crippen LogP contribution in [0.15, 0.2) is 46.8 Å². The number of carbonyl (C=O) groups excluding carboxylic acids is 1. The highest BCUT2D eigenvalue weighted by Crippen LogP contribution is 2.23.